The monoisotopic (exact) mass is 207 g/mol. The van der Waals surface area contributed by atoms with Gasteiger partial charge in [-0.3, -0.25) is 0 Å². The van der Waals surface area contributed by atoms with Gasteiger partial charge in [-0.1, -0.05) is 34.8 Å². The molecule has 0 saturated carbocycles. The minimum Gasteiger partial charge on any atom is -0.193 e. The van der Waals surface area contributed by atoms with E-state index < -0.39 is 3.67 Å². The summed E-state index contributed by atoms with van der Waals surface area (Å²) in [4.78, 5) is 0. The number of hydrogen-bond donors (Lipinski definition) is 0. The highest BCUT2D eigenvalue weighted by molar-refractivity contribution is 8.78. The first-order chi connectivity index (χ1) is 3.63. The van der Waals surface area contributed by atoms with Crippen LogP contribution in [0.3, 0.4) is 0 Å². The summed E-state index contributed by atoms with van der Waals surface area (Å²) in [5.41, 5.74) is 0. The summed E-state index contributed by atoms with van der Waals surface area (Å²) in [6.45, 7) is 0. The molecule has 1 nitrogen and oxygen atoms in total. The van der Waals surface area contributed by atoms with Crippen molar-refractivity contribution in [3.63, 3.8) is 0 Å². The van der Waals surface area contributed by atoms with Crippen LogP contribution in [-0.2, 0) is 0 Å². The van der Waals surface area contributed by atoms with Crippen LogP contribution in [0.5, 0.6) is 0 Å². The van der Waals surface area contributed by atoms with Gasteiger partial charge in [0.25, 0.3) is 0 Å². The van der Waals surface area contributed by atoms with Crippen LogP contribution < -0.4 is 0 Å². The highest BCUT2D eigenvalue weighted by Crippen LogP contribution is 2.51. The minimum atomic E-state index is -1.01. The topological polar surface area (TPSA) is 12.4 Å². The maximum absolute atomic E-state index is 5.56. The van der Waals surface area contributed by atoms with Crippen molar-refractivity contribution >= 4 is 61.7 Å². The molecular formula is C2Cl3NS2. The molecule has 1 rings (SSSR count). The van der Waals surface area contributed by atoms with Gasteiger partial charge in [0.15, 0.2) is 5.17 Å². The smallest absolute Gasteiger partial charge is 0.193 e. The average Bonchev–Trinajstić information content (AvgIpc) is 1.86. The van der Waals surface area contributed by atoms with E-state index in [2.05, 4.69) is 4.40 Å². The van der Waals surface area contributed by atoms with Gasteiger partial charge >= 0.3 is 0 Å². The highest BCUT2D eigenvalue weighted by atomic mass is 35.5. The van der Waals surface area contributed by atoms with Crippen molar-refractivity contribution in [2.24, 2.45) is 4.40 Å². The molecule has 0 bridgehead atoms. The Morgan fingerprint density at radius 3 is 2.25 bits per heavy atom. The molecular weight excluding hydrogens is 209 g/mol. The summed E-state index contributed by atoms with van der Waals surface area (Å²) in [7, 11) is 2.42. The third-order valence-corrected chi connectivity index (χ3v) is 4.57. The van der Waals surface area contributed by atoms with Crippen molar-refractivity contribution in [3.05, 3.63) is 0 Å². The van der Waals surface area contributed by atoms with Gasteiger partial charge in [0.2, 0.25) is 3.67 Å². The van der Waals surface area contributed by atoms with Gasteiger partial charge in [-0.15, -0.1) is 0 Å². The molecule has 0 unspecified atom stereocenters. The van der Waals surface area contributed by atoms with Crippen molar-refractivity contribution in [3.8, 4) is 0 Å². The van der Waals surface area contributed by atoms with E-state index in [1.54, 1.807) is 0 Å². The predicted octanol–water partition coefficient (Wildman–Crippen LogP) is 3.07. The average molecular weight is 209 g/mol. The van der Waals surface area contributed by atoms with E-state index in [1.807, 2.05) is 0 Å². The number of nitrogens with zero attached hydrogens (tertiary/aromatic N) is 1. The molecule has 0 spiro atoms. The Balaban J connectivity index is 2.73. The first-order valence-electron chi connectivity index (χ1n) is 1.59. The lowest BCUT2D eigenvalue weighted by atomic mass is 10.8. The van der Waals surface area contributed by atoms with Gasteiger partial charge in [-0.05, 0) is 10.8 Å². The van der Waals surface area contributed by atoms with Crippen molar-refractivity contribution in [1.82, 2.24) is 0 Å². The second-order valence-electron chi connectivity index (χ2n) is 1.06. The fourth-order valence-corrected chi connectivity index (χ4v) is 2.72. The summed E-state index contributed by atoms with van der Waals surface area (Å²) in [5, 5.41) is 0.246. The van der Waals surface area contributed by atoms with Gasteiger partial charge in [0, 0.05) is 11.0 Å². The summed E-state index contributed by atoms with van der Waals surface area (Å²) in [6.07, 6.45) is 0. The molecule has 0 fully saturated rings. The fraction of sp³-hybridized carbons (Fsp3) is 0.500. The van der Waals surface area contributed by atoms with Gasteiger partial charge < -0.3 is 0 Å². The molecule has 0 radical (unpaired) electrons. The summed E-state index contributed by atoms with van der Waals surface area (Å²) in [5.74, 6) is 0. The molecule has 0 aromatic rings. The van der Waals surface area contributed by atoms with Gasteiger partial charge in [-0.25, -0.2) is 0 Å². The molecule has 0 amide bonds. The summed E-state index contributed by atoms with van der Waals surface area (Å²) >= 11 is 16.6. The van der Waals surface area contributed by atoms with Crippen molar-refractivity contribution < 1.29 is 0 Å². The Bertz CT molecular complexity index is 133. The lowest BCUT2D eigenvalue weighted by molar-refractivity contribution is 1.67. The lowest BCUT2D eigenvalue weighted by Crippen LogP contribution is -2.10. The summed E-state index contributed by atoms with van der Waals surface area (Å²) in [6, 6.07) is 0. The van der Waals surface area contributed by atoms with Gasteiger partial charge in [-0.2, -0.15) is 4.40 Å². The SMILES string of the molecule is ClC1=NSSC1(Cl)Cl. The Labute approximate surface area is 69.7 Å². The molecule has 0 aromatic heterocycles. The summed E-state index contributed by atoms with van der Waals surface area (Å²) < 4.78 is 2.68. The zero-order chi connectivity index (χ0) is 6.20. The van der Waals surface area contributed by atoms with E-state index in [-0.39, 0.29) is 5.17 Å². The molecule has 1 heterocycles. The Morgan fingerprint density at radius 1 is 1.50 bits per heavy atom. The maximum atomic E-state index is 5.56. The highest BCUT2D eigenvalue weighted by Gasteiger charge is 2.36. The number of halogens is 3. The molecule has 0 atom stereocenters. The van der Waals surface area contributed by atoms with E-state index in [1.165, 1.54) is 21.8 Å². The van der Waals surface area contributed by atoms with E-state index in [9.17, 15) is 0 Å². The molecule has 0 N–H and O–H groups in total. The van der Waals surface area contributed by atoms with Crippen LogP contribution in [-0.4, -0.2) is 8.84 Å². The first kappa shape index (κ1) is 7.35. The third kappa shape index (κ3) is 1.39. The van der Waals surface area contributed by atoms with Crippen LogP contribution in [0.2, 0.25) is 0 Å². The van der Waals surface area contributed by atoms with E-state index >= 15 is 0 Å². The van der Waals surface area contributed by atoms with Crippen molar-refractivity contribution in [2.45, 2.75) is 3.67 Å². The second-order valence-corrected chi connectivity index (χ2v) is 5.25. The zero-order valence-electron chi connectivity index (χ0n) is 3.40. The van der Waals surface area contributed by atoms with E-state index in [4.69, 9.17) is 34.8 Å². The Morgan fingerprint density at radius 2 is 2.12 bits per heavy atom. The van der Waals surface area contributed by atoms with Crippen molar-refractivity contribution in [2.75, 3.05) is 0 Å². The zero-order valence-corrected chi connectivity index (χ0v) is 7.30. The molecule has 1 aliphatic rings. The van der Waals surface area contributed by atoms with Crippen LogP contribution in [0, 0.1) is 0 Å². The second kappa shape index (κ2) is 2.46. The van der Waals surface area contributed by atoms with Crippen LogP contribution in [0.15, 0.2) is 4.40 Å². The first-order valence-corrected chi connectivity index (χ1v) is 4.83. The largest absolute Gasteiger partial charge is 0.227 e. The van der Waals surface area contributed by atoms with E-state index in [0.717, 1.165) is 0 Å². The Hall–Kier alpha value is 1.24. The van der Waals surface area contributed by atoms with Gasteiger partial charge in [0.1, 0.15) is 0 Å². The molecule has 0 aliphatic carbocycles. The molecule has 0 saturated heterocycles. The molecule has 1 aliphatic heterocycles. The third-order valence-electron chi connectivity index (χ3n) is 0.500. The molecule has 6 heteroatoms. The van der Waals surface area contributed by atoms with Crippen LogP contribution in [0.4, 0.5) is 0 Å². The normalized spacial score (nSPS) is 25.6. The van der Waals surface area contributed by atoms with Crippen molar-refractivity contribution in [1.29, 1.82) is 0 Å². The lowest BCUT2D eigenvalue weighted by Gasteiger charge is -2.04. The number of rotatable bonds is 0. The van der Waals surface area contributed by atoms with Crippen LogP contribution in [0.1, 0.15) is 0 Å². The maximum Gasteiger partial charge on any atom is 0.227 e. The predicted molar refractivity (Wildman–Crippen MR) is 42.9 cm³/mol. The van der Waals surface area contributed by atoms with Crippen LogP contribution in [0.25, 0.3) is 0 Å². The molecule has 46 valence electrons. The van der Waals surface area contributed by atoms with E-state index in [0.29, 0.717) is 0 Å². The molecule has 8 heavy (non-hydrogen) atoms. The Kier molecular flexibility index (Phi) is 2.26. The van der Waals surface area contributed by atoms with Gasteiger partial charge in [0.05, 0.1) is 0 Å². The molecule has 0 aromatic carbocycles. The quantitative estimate of drug-likeness (QED) is 0.345. The standard InChI is InChI=1S/C2Cl3NS2/c3-1-2(4,5)7-8-6-1. The van der Waals surface area contributed by atoms with Crippen LogP contribution >= 0.6 is 56.6 Å². The number of alkyl halides is 2. The minimum absolute atomic E-state index is 0.246. The fourth-order valence-electron chi connectivity index (χ4n) is 0.186. The number of hydrogen-bond acceptors (Lipinski definition) is 3.